The molecule has 2 saturated heterocycles. The first-order chi connectivity index (χ1) is 14.2. The summed E-state index contributed by atoms with van der Waals surface area (Å²) >= 11 is 6.32. The lowest BCUT2D eigenvalue weighted by Gasteiger charge is -2.40. The molecule has 2 aliphatic rings. The number of amides is 1. The van der Waals surface area contributed by atoms with Gasteiger partial charge < -0.3 is 9.64 Å². The normalized spacial score (nSPS) is 22.5. The number of piperidine rings is 1. The maximum atomic E-state index is 13.0. The van der Waals surface area contributed by atoms with Crippen LogP contribution >= 0.6 is 11.6 Å². The SMILES string of the molecule is COC(=O)C(c1ccccc1Cl)N1CCN(C(=O)C2CCCN(S(C)(=O)=O)C2)CC1. The van der Waals surface area contributed by atoms with Crippen LogP contribution < -0.4 is 0 Å². The molecular formula is C20H28ClN3O5S. The molecule has 0 bridgehead atoms. The maximum Gasteiger partial charge on any atom is 0.327 e. The Hall–Kier alpha value is -1.68. The fourth-order valence-corrected chi connectivity index (χ4v) is 5.34. The molecule has 0 N–H and O–H groups in total. The molecule has 10 heteroatoms. The van der Waals surface area contributed by atoms with Gasteiger partial charge in [-0.25, -0.2) is 17.5 Å². The average molecular weight is 458 g/mol. The first-order valence-corrected chi connectivity index (χ1v) is 12.2. The summed E-state index contributed by atoms with van der Waals surface area (Å²) in [6.45, 7) is 2.63. The molecule has 0 aliphatic carbocycles. The van der Waals surface area contributed by atoms with Crippen molar-refractivity contribution in [1.29, 1.82) is 0 Å². The lowest BCUT2D eigenvalue weighted by Crippen LogP contribution is -2.54. The monoisotopic (exact) mass is 457 g/mol. The third kappa shape index (κ3) is 5.14. The van der Waals surface area contributed by atoms with E-state index in [2.05, 4.69) is 0 Å². The number of halogens is 1. The molecule has 2 aliphatic heterocycles. The van der Waals surface area contributed by atoms with Gasteiger partial charge in [-0.15, -0.1) is 0 Å². The summed E-state index contributed by atoms with van der Waals surface area (Å²) in [5.41, 5.74) is 0.682. The number of esters is 1. The minimum atomic E-state index is -3.30. The number of carbonyl (C=O) groups excluding carboxylic acids is 2. The standard InChI is InChI=1S/C20H28ClN3O5S/c1-29-20(26)18(16-7-3-4-8-17(16)21)22-10-12-23(13-11-22)19(25)15-6-5-9-24(14-15)30(2,27)28/h3-4,7-8,15,18H,5-6,9-14H2,1-2H3. The van der Waals surface area contributed by atoms with Gasteiger partial charge in [-0.1, -0.05) is 29.8 Å². The van der Waals surface area contributed by atoms with E-state index in [1.54, 1.807) is 17.0 Å². The Morgan fingerprint density at radius 1 is 1.13 bits per heavy atom. The summed E-state index contributed by atoms with van der Waals surface area (Å²) in [4.78, 5) is 29.2. The molecule has 2 fully saturated rings. The molecule has 8 nitrogen and oxygen atoms in total. The quantitative estimate of drug-likeness (QED) is 0.620. The second kappa shape index (κ2) is 9.64. The second-order valence-electron chi connectivity index (χ2n) is 7.77. The molecule has 2 atom stereocenters. The molecule has 1 amide bonds. The number of piperazine rings is 1. The fraction of sp³-hybridized carbons (Fsp3) is 0.600. The number of nitrogens with zero attached hydrogens (tertiary/aromatic N) is 3. The number of hydrogen-bond donors (Lipinski definition) is 0. The van der Waals surface area contributed by atoms with Crippen LogP contribution in [0.15, 0.2) is 24.3 Å². The summed E-state index contributed by atoms with van der Waals surface area (Å²) in [7, 11) is -1.95. The predicted molar refractivity (Wildman–Crippen MR) is 114 cm³/mol. The number of sulfonamides is 1. The number of hydrogen-bond acceptors (Lipinski definition) is 6. The molecule has 0 saturated carbocycles. The van der Waals surface area contributed by atoms with Gasteiger partial charge in [-0.2, -0.15) is 0 Å². The minimum Gasteiger partial charge on any atom is -0.468 e. The molecule has 3 rings (SSSR count). The minimum absolute atomic E-state index is 0.0182. The van der Waals surface area contributed by atoms with Crippen LogP contribution in [0.1, 0.15) is 24.4 Å². The highest BCUT2D eigenvalue weighted by atomic mass is 35.5. The van der Waals surface area contributed by atoms with E-state index >= 15 is 0 Å². The van der Waals surface area contributed by atoms with E-state index < -0.39 is 16.1 Å². The van der Waals surface area contributed by atoms with Crippen molar-refractivity contribution < 1.29 is 22.7 Å². The Labute approximate surface area is 182 Å². The molecule has 30 heavy (non-hydrogen) atoms. The van der Waals surface area contributed by atoms with Gasteiger partial charge in [0, 0.05) is 44.3 Å². The largest absolute Gasteiger partial charge is 0.468 e. The van der Waals surface area contributed by atoms with Crippen molar-refractivity contribution in [2.24, 2.45) is 5.92 Å². The summed E-state index contributed by atoms with van der Waals surface area (Å²) < 4.78 is 30.1. The lowest BCUT2D eigenvalue weighted by atomic mass is 9.97. The van der Waals surface area contributed by atoms with Crippen molar-refractivity contribution in [3.05, 3.63) is 34.9 Å². The molecule has 2 unspecified atom stereocenters. The van der Waals surface area contributed by atoms with Crippen molar-refractivity contribution in [3.8, 4) is 0 Å². The number of methoxy groups -OCH3 is 1. The van der Waals surface area contributed by atoms with E-state index in [0.717, 1.165) is 0 Å². The Balaban J connectivity index is 1.66. The number of benzene rings is 1. The molecule has 0 aromatic heterocycles. The van der Waals surface area contributed by atoms with E-state index in [9.17, 15) is 18.0 Å². The lowest BCUT2D eigenvalue weighted by molar-refractivity contribution is -0.149. The van der Waals surface area contributed by atoms with Gasteiger partial charge in [0.15, 0.2) is 0 Å². The van der Waals surface area contributed by atoms with Gasteiger partial charge in [0.25, 0.3) is 0 Å². The molecule has 1 aromatic rings. The highest BCUT2D eigenvalue weighted by Crippen LogP contribution is 2.30. The van der Waals surface area contributed by atoms with E-state index in [4.69, 9.17) is 16.3 Å². The van der Waals surface area contributed by atoms with E-state index in [1.807, 2.05) is 17.0 Å². The number of rotatable bonds is 5. The van der Waals surface area contributed by atoms with Crippen LogP contribution in [0, 0.1) is 5.92 Å². The predicted octanol–water partition coefficient (Wildman–Crippen LogP) is 1.37. The summed E-state index contributed by atoms with van der Waals surface area (Å²) in [6, 6.07) is 6.55. The van der Waals surface area contributed by atoms with E-state index in [-0.39, 0.29) is 24.3 Å². The molecular weight excluding hydrogens is 430 g/mol. The zero-order valence-corrected chi connectivity index (χ0v) is 18.9. The molecule has 2 heterocycles. The average Bonchev–Trinajstić information content (AvgIpc) is 2.74. The number of carbonyl (C=O) groups is 2. The van der Waals surface area contributed by atoms with Gasteiger partial charge in [0.1, 0.15) is 6.04 Å². The Morgan fingerprint density at radius 3 is 2.40 bits per heavy atom. The first-order valence-electron chi connectivity index (χ1n) is 10.0. The zero-order chi connectivity index (χ0) is 21.9. The van der Waals surface area contributed by atoms with Crippen LogP contribution in [0.2, 0.25) is 5.02 Å². The summed E-state index contributed by atoms with van der Waals surface area (Å²) in [6.07, 6.45) is 2.55. The Morgan fingerprint density at radius 2 is 1.80 bits per heavy atom. The van der Waals surface area contributed by atoms with Gasteiger partial charge in [-0.3, -0.25) is 9.69 Å². The zero-order valence-electron chi connectivity index (χ0n) is 17.3. The van der Waals surface area contributed by atoms with Crippen LogP contribution in [0.3, 0.4) is 0 Å². The van der Waals surface area contributed by atoms with Crippen LogP contribution in [0.4, 0.5) is 0 Å². The molecule has 0 spiro atoms. The van der Waals surface area contributed by atoms with Crippen molar-refractivity contribution in [3.63, 3.8) is 0 Å². The van der Waals surface area contributed by atoms with Gasteiger partial charge in [0.05, 0.1) is 19.3 Å². The van der Waals surface area contributed by atoms with Gasteiger partial charge in [0.2, 0.25) is 15.9 Å². The highest BCUT2D eigenvalue weighted by molar-refractivity contribution is 7.88. The third-order valence-corrected chi connectivity index (χ3v) is 7.43. The fourth-order valence-electron chi connectivity index (χ4n) is 4.19. The molecule has 1 aromatic carbocycles. The van der Waals surface area contributed by atoms with Gasteiger partial charge in [-0.05, 0) is 24.5 Å². The van der Waals surface area contributed by atoms with Crippen molar-refractivity contribution >= 4 is 33.5 Å². The van der Waals surface area contributed by atoms with E-state index in [1.165, 1.54) is 17.7 Å². The second-order valence-corrected chi connectivity index (χ2v) is 10.2. The Kier molecular flexibility index (Phi) is 7.38. The van der Waals surface area contributed by atoms with Gasteiger partial charge >= 0.3 is 5.97 Å². The van der Waals surface area contributed by atoms with Crippen molar-refractivity contribution in [1.82, 2.24) is 14.1 Å². The summed E-state index contributed by atoms with van der Waals surface area (Å²) in [5, 5.41) is 0.495. The third-order valence-electron chi connectivity index (χ3n) is 5.82. The molecule has 0 radical (unpaired) electrons. The Bertz CT molecular complexity index is 886. The van der Waals surface area contributed by atoms with Crippen molar-refractivity contribution in [2.75, 3.05) is 52.6 Å². The topological polar surface area (TPSA) is 87.2 Å². The van der Waals surface area contributed by atoms with Crippen LogP contribution in [-0.2, 0) is 24.3 Å². The van der Waals surface area contributed by atoms with Crippen LogP contribution in [0.5, 0.6) is 0 Å². The number of ether oxygens (including phenoxy) is 1. The summed E-state index contributed by atoms with van der Waals surface area (Å²) in [5.74, 6) is -0.727. The first kappa shape index (κ1) is 23.0. The van der Waals surface area contributed by atoms with Crippen LogP contribution in [0.25, 0.3) is 0 Å². The smallest absolute Gasteiger partial charge is 0.327 e. The van der Waals surface area contributed by atoms with Crippen LogP contribution in [-0.4, -0.2) is 87.0 Å². The highest BCUT2D eigenvalue weighted by Gasteiger charge is 2.37. The van der Waals surface area contributed by atoms with E-state index in [0.29, 0.717) is 56.2 Å². The molecule has 166 valence electrons. The maximum absolute atomic E-state index is 13.0. The van der Waals surface area contributed by atoms with Crippen molar-refractivity contribution in [2.45, 2.75) is 18.9 Å².